The lowest BCUT2D eigenvalue weighted by Gasteiger charge is -2.18. The predicted octanol–water partition coefficient (Wildman–Crippen LogP) is 2.32. The smallest absolute Gasteiger partial charge is 0.416 e. The third-order valence-electron chi connectivity index (χ3n) is 2.54. The van der Waals surface area contributed by atoms with Crippen molar-refractivity contribution in [3.8, 4) is 0 Å². The Kier molecular flexibility index (Phi) is 5.26. The predicted molar refractivity (Wildman–Crippen MR) is 71.7 cm³/mol. The number of benzene rings is 1. The molecule has 1 atom stereocenters. The molecule has 0 radical (unpaired) electrons. The third kappa shape index (κ3) is 5.08. The average Bonchev–Trinajstić information content (AvgIpc) is 2.34. The number of carboxylic acid groups (broad SMARTS) is 1. The summed E-state index contributed by atoms with van der Waals surface area (Å²) in [7, 11) is 0. The molecule has 1 rings (SSSR count). The number of nitrogens with one attached hydrogen (secondary N) is 2. The Morgan fingerprint density at radius 2 is 1.86 bits per heavy atom. The Labute approximate surface area is 127 Å². The summed E-state index contributed by atoms with van der Waals surface area (Å²) >= 11 is 5.54. The minimum absolute atomic E-state index is 0.229. The van der Waals surface area contributed by atoms with Gasteiger partial charge in [0.25, 0.3) is 0 Å². The van der Waals surface area contributed by atoms with Crippen LogP contribution >= 0.6 is 11.6 Å². The largest absolute Gasteiger partial charge is 0.479 e. The molecule has 0 heterocycles. The zero-order valence-electron chi connectivity index (χ0n) is 11.2. The number of hydrogen-bond acceptors (Lipinski definition) is 3. The molecule has 0 spiro atoms. The van der Waals surface area contributed by atoms with Crippen LogP contribution < -0.4 is 10.6 Å². The van der Waals surface area contributed by atoms with Gasteiger partial charge in [0, 0.05) is 10.7 Å². The van der Waals surface area contributed by atoms with E-state index in [0.29, 0.717) is 12.1 Å². The van der Waals surface area contributed by atoms with Crippen LogP contribution in [0.1, 0.15) is 12.5 Å². The molecule has 22 heavy (non-hydrogen) atoms. The van der Waals surface area contributed by atoms with Crippen molar-refractivity contribution < 1.29 is 33.0 Å². The number of halogens is 4. The molecule has 10 heteroatoms. The van der Waals surface area contributed by atoms with Crippen LogP contribution in [0.3, 0.4) is 0 Å². The second-order valence-electron chi connectivity index (χ2n) is 4.61. The van der Waals surface area contributed by atoms with Crippen LogP contribution in [0.15, 0.2) is 18.2 Å². The highest BCUT2D eigenvalue weighted by Gasteiger charge is 2.32. The highest BCUT2D eigenvalue weighted by Crippen LogP contribution is 2.33. The number of aliphatic carboxylic acids is 1. The Hall–Kier alpha value is -2.00. The van der Waals surface area contributed by atoms with E-state index < -0.39 is 35.9 Å². The van der Waals surface area contributed by atoms with Crippen molar-refractivity contribution in [2.45, 2.75) is 18.7 Å². The van der Waals surface area contributed by atoms with E-state index in [9.17, 15) is 27.9 Å². The van der Waals surface area contributed by atoms with E-state index in [0.717, 1.165) is 13.0 Å². The summed E-state index contributed by atoms with van der Waals surface area (Å²) in [6.07, 6.45) is -4.63. The summed E-state index contributed by atoms with van der Waals surface area (Å²) in [5.74, 6) is -1.56. The number of carboxylic acids is 1. The molecule has 1 aromatic carbocycles. The summed E-state index contributed by atoms with van der Waals surface area (Å²) < 4.78 is 37.8. The monoisotopic (exact) mass is 340 g/mol. The van der Waals surface area contributed by atoms with Gasteiger partial charge in [-0.3, -0.25) is 0 Å². The van der Waals surface area contributed by atoms with Crippen LogP contribution in [0.2, 0.25) is 5.02 Å². The van der Waals surface area contributed by atoms with E-state index in [2.05, 4.69) is 5.32 Å². The summed E-state index contributed by atoms with van der Waals surface area (Å²) in [5.41, 5.74) is -3.48. The van der Waals surface area contributed by atoms with Crippen molar-refractivity contribution in [3.05, 3.63) is 28.8 Å². The van der Waals surface area contributed by atoms with Crippen molar-refractivity contribution in [2.75, 3.05) is 11.9 Å². The maximum Gasteiger partial charge on any atom is 0.416 e. The molecule has 0 bridgehead atoms. The van der Waals surface area contributed by atoms with Gasteiger partial charge in [0.1, 0.15) is 0 Å². The number of anilines is 1. The van der Waals surface area contributed by atoms with Gasteiger partial charge >= 0.3 is 18.2 Å². The Morgan fingerprint density at radius 3 is 2.36 bits per heavy atom. The molecule has 0 aliphatic carbocycles. The highest BCUT2D eigenvalue weighted by atomic mass is 35.5. The normalized spacial score (nSPS) is 14.1. The van der Waals surface area contributed by atoms with Crippen molar-refractivity contribution in [1.82, 2.24) is 5.32 Å². The van der Waals surface area contributed by atoms with Gasteiger partial charge in [-0.1, -0.05) is 11.6 Å². The van der Waals surface area contributed by atoms with Gasteiger partial charge in [-0.2, -0.15) is 13.2 Å². The van der Waals surface area contributed by atoms with Crippen LogP contribution in [0.4, 0.5) is 23.7 Å². The molecule has 6 nitrogen and oxygen atoms in total. The number of alkyl halides is 3. The van der Waals surface area contributed by atoms with Gasteiger partial charge in [-0.25, -0.2) is 9.59 Å². The molecular formula is C12H12ClF3N2O4. The fraction of sp³-hybridized carbons (Fsp3) is 0.333. The molecule has 0 fully saturated rings. The van der Waals surface area contributed by atoms with Crippen LogP contribution in [0.5, 0.6) is 0 Å². The summed E-state index contributed by atoms with van der Waals surface area (Å²) in [6.45, 7) is 0.317. The minimum Gasteiger partial charge on any atom is -0.479 e. The van der Waals surface area contributed by atoms with Crippen LogP contribution in [0, 0.1) is 0 Å². The van der Waals surface area contributed by atoms with Gasteiger partial charge in [0.15, 0.2) is 5.60 Å². The minimum atomic E-state index is -4.63. The van der Waals surface area contributed by atoms with Crippen molar-refractivity contribution >= 4 is 29.3 Å². The molecule has 4 N–H and O–H groups in total. The molecule has 0 saturated carbocycles. The van der Waals surface area contributed by atoms with Gasteiger partial charge in [0.2, 0.25) is 0 Å². The fourth-order valence-corrected chi connectivity index (χ4v) is 1.56. The lowest BCUT2D eigenvalue weighted by atomic mass is 10.1. The number of aliphatic hydroxyl groups is 1. The number of urea groups is 1. The van der Waals surface area contributed by atoms with Gasteiger partial charge < -0.3 is 20.8 Å². The topological polar surface area (TPSA) is 98.7 Å². The number of rotatable bonds is 4. The van der Waals surface area contributed by atoms with E-state index in [1.165, 1.54) is 0 Å². The first-order valence-electron chi connectivity index (χ1n) is 5.80. The standard InChI is InChI=1S/C12H12ClF3N2O4/c1-11(22,9(19)20)5-17-10(21)18-8-3-6(12(14,15)16)2-7(13)4-8/h2-4,22H,5H2,1H3,(H,19,20)(H2,17,18,21). The number of carbonyl (C=O) groups is 2. The lowest BCUT2D eigenvalue weighted by molar-refractivity contribution is -0.155. The second-order valence-corrected chi connectivity index (χ2v) is 5.05. The van der Waals surface area contributed by atoms with E-state index in [4.69, 9.17) is 16.7 Å². The summed E-state index contributed by atoms with van der Waals surface area (Å²) in [4.78, 5) is 22.1. The van der Waals surface area contributed by atoms with Crippen LogP contribution in [-0.4, -0.2) is 34.4 Å². The maximum atomic E-state index is 12.6. The highest BCUT2D eigenvalue weighted by molar-refractivity contribution is 6.31. The Bertz CT molecular complexity index is 590. The lowest BCUT2D eigenvalue weighted by Crippen LogP contribution is -2.47. The van der Waals surface area contributed by atoms with Crippen molar-refractivity contribution in [3.63, 3.8) is 0 Å². The van der Waals surface area contributed by atoms with Crippen LogP contribution in [-0.2, 0) is 11.0 Å². The van der Waals surface area contributed by atoms with E-state index in [-0.39, 0.29) is 10.7 Å². The molecule has 0 saturated heterocycles. The first kappa shape index (κ1) is 18.1. The summed E-state index contributed by atoms with van der Waals surface area (Å²) in [6, 6.07) is 1.46. The number of carbonyl (C=O) groups excluding carboxylic acids is 1. The molecule has 0 aliphatic rings. The number of hydrogen-bond donors (Lipinski definition) is 4. The molecule has 0 aromatic heterocycles. The average molecular weight is 341 g/mol. The van der Waals surface area contributed by atoms with Gasteiger partial charge in [0.05, 0.1) is 12.1 Å². The third-order valence-corrected chi connectivity index (χ3v) is 2.76. The second kappa shape index (κ2) is 6.41. The Morgan fingerprint density at radius 1 is 1.27 bits per heavy atom. The van der Waals surface area contributed by atoms with Crippen molar-refractivity contribution in [1.29, 1.82) is 0 Å². The molecule has 1 aromatic rings. The zero-order valence-corrected chi connectivity index (χ0v) is 11.9. The summed E-state index contributed by atoms with van der Waals surface area (Å²) in [5, 5.41) is 21.9. The van der Waals surface area contributed by atoms with Crippen molar-refractivity contribution in [2.24, 2.45) is 0 Å². The fourth-order valence-electron chi connectivity index (χ4n) is 1.33. The molecular weight excluding hydrogens is 329 g/mol. The van der Waals surface area contributed by atoms with E-state index >= 15 is 0 Å². The first-order valence-corrected chi connectivity index (χ1v) is 6.18. The van der Waals surface area contributed by atoms with Crippen LogP contribution in [0.25, 0.3) is 0 Å². The first-order chi connectivity index (χ1) is 9.91. The molecule has 0 aliphatic heterocycles. The maximum absolute atomic E-state index is 12.6. The van der Waals surface area contributed by atoms with Gasteiger partial charge in [-0.05, 0) is 25.1 Å². The van der Waals surface area contributed by atoms with Gasteiger partial charge in [-0.15, -0.1) is 0 Å². The van der Waals surface area contributed by atoms with E-state index in [1.54, 1.807) is 0 Å². The number of amides is 2. The SMILES string of the molecule is CC(O)(CNC(=O)Nc1cc(Cl)cc(C(F)(F)F)c1)C(=O)O. The van der Waals surface area contributed by atoms with E-state index in [1.807, 2.05) is 5.32 Å². The molecule has 1 unspecified atom stereocenters. The zero-order chi connectivity index (χ0) is 17.1. The quantitative estimate of drug-likeness (QED) is 0.676. The molecule has 122 valence electrons. The Balaban J connectivity index is 2.77. The molecule has 2 amide bonds.